The average Bonchev–Trinajstić information content (AvgIpc) is 2.97. The van der Waals surface area contributed by atoms with Crippen LogP contribution in [0.3, 0.4) is 0 Å². The minimum absolute atomic E-state index is 0.114. The summed E-state index contributed by atoms with van der Waals surface area (Å²) in [4.78, 5) is 16.3. The van der Waals surface area contributed by atoms with E-state index in [0.717, 1.165) is 16.7 Å². The maximum atomic E-state index is 14.3. The molecule has 0 aliphatic carbocycles. The molecule has 0 radical (unpaired) electrons. The quantitative estimate of drug-likeness (QED) is 0.198. The molecule has 0 saturated carbocycles. The molecule has 1 heterocycles. The van der Waals surface area contributed by atoms with E-state index < -0.39 is 17.7 Å². The van der Waals surface area contributed by atoms with Gasteiger partial charge in [-0.25, -0.2) is 0 Å². The summed E-state index contributed by atoms with van der Waals surface area (Å²) in [7, 11) is 3.21. The molecule has 0 N–H and O–H groups in total. The fraction of sp³-hybridized carbons (Fsp3) is 0.364. The number of hydrogen-bond acceptors (Lipinski definition) is 5. The number of methoxy groups -OCH3 is 2. The van der Waals surface area contributed by atoms with Crippen LogP contribution in [0.1, 0.15) is 55.5 Å². The molecule has 1 aliphatic rings. The van der Waals surface area contributed by atoms with Gasteiger partial charge < -0.3 is 23.8 Å². The van der Waals surface area contributed by atoms with E-state index in [9.17, 15) is 4.79 Å². The molecule has 0 aromatic heterocycles. The van der Waals surface area contributed by atoms with Gasteiger partial charge in [0.2, 0.25) is 0 Å². The first kappa shape index (κ1) is 30.9. The first-order valence-corrected chi connectivity index (χ1v) is 14.4. The van der Waals surface area contributed by atoms with E-state index in [1.165, 1.54) is 0 Å². The lowest BCUT2D eigenvalue weighted by molar-refractivity contribution is -0.204. The smallest absolute Gasteiger partial charge is 0.255 e. The highest BCUT2D eigenvalue weighted by Gasteiger charge is 2.52. The van der Waals surface area contributed by atoms with Crippen molar-refractivity contribution in [2.75, 3.05) is 20.8 Å². The fourth-order valence-electron chi connectivity index (χ4n) is 5.35. The third-order valence-corrected chi connectivity index (χ3v) is 7.96. The van der Waals surface area contributed by atoms with E-state index in [-0.39, 0.29) is 11.9 Å². The second-order valence-electron chi connectivity index (χ2n) is 10.3. The first-order valence-electron chi connectivity index (χ1n) is 13.7. The number of benzene rings is 3. The van der Waals surface area contributed by atoms with Gasteiger partial charge in [0.1, 0.15) is 11.7 Å². The number of hydrogen-bond donors (Lipinski definition) is 0. The van der Waals surface area contributed by atoms with Gasteiger partial charge in [-0.2, -0.15) is 0 Å². The second-order valence-corrected chi connectivity index (χ2v) is 11.2. The maximum absolute atomic E-state index is 14.3. The predicted molar refractivity (Wildman–Crippen MR) is 163 cm³/mol. The lowest BCUT2D eigenvalue weighted by atomic mass is 9.86. The lowest BCUT2D eigenvalue weighted by Crippen LogP contribution is -2.60. The Labute approximate surface area is 252 Å². The molecule has 1 aliphatic heterocycles. The molecule has 218 valence electrons. The van der Waals surface area contributed by atoms with Crippen LogP contribution in [-0.2, 0) is 20.9 Å². The van der Waals surface area contributed by atoms with Crippen molar-refractivity contribution in [2.45, 2.75) is 57.1 Å². The highest BCUT2D eigenvalue weighted by Crippen LogP contribution is 2.48. The third kappa shape index (κ3) is 6.90. The van der Waals surface area contributed by atoms with Crippen molar-refractivity contribution in [3.63, 3.8) is 0 Å². The lowest BCUT2D eigenvalue weighted by Gasteiger charge is -2.51. The van der Waals surface area contributed by atoms with Gasteiger partial charge in [-0.3, -0.25) is 4.79 Å². The van der Waals surface area contributed by atoms with Crippen molar-refractivity contribution >= 4 is 29.1 Å². The average molecular weight is 599 g/mol. The largest absolute Gasteiger partial charge is 0.493 e. The van der Waals surface area contributed by atoms with Crippen LogP contribution >= 0.6 is 23.2 Å². The summed E-state index contributed by atoms with van der Waals surface area (Å²) in [6.07, 6.45) is 2.27. The van der Waals surface area contributed by atoms with Crippen LogP contribution in [0.4, 0.5) is 0 Å². The monoisotopic (exact) mass is 597 g/mol. The molecule has 0 bridgehead atoms. The van der Waals surface area contributed by atoms with Gasteiger partial charge >= 0.3 is 0 Å². The van der Waals surface area contributed by atoms with Crippen LogP contribution < -0.4 is 9.47 Å². The van der Waals surface area contributed by atoms with E-state index in [1.807, 2.05) is 78.6 Å². The molecule has 41 heavy (non-hydrogen) atoms. The molecule has 1 amide bonds. The summed E-state index contributed by atoms with van der Waals surface area (Å²) in [5, 5.41) is 1.21. The number of ether oxygens (including phenoxy) is 4. The normalized spacial score (nSPS) is 21.4. The van der Waals surface area contributed by atoms with Crippen LogP contribution in [0.25, 0.3) is 0 Å². The minimum atomic E-state index is -1.12. The molecule has 1 saturated heterocycles. The van der Waals surface area contributed by atoms with Gasteiger partial charge in [0.15, 0.2) is 11.5 Å². The molecular formula is C33H37Cl2NO5. The predicted octanol–water partition coefficient (Wildman–Crippen LogP) is 7.98. The zero-order valence-electron chi connectivity index (χ0n) is 23.9. The number of morpholine rings is 1. The Morgan fingerprint density at radius 2 is 1.73 bits per heavy atom. The Morgan fingerprint density at radius 3 is 2.37 bits per heavy atom. The van der Waals surface area contributed by atoms with Gasteiger partial charge in [0.25, 0.3) is 5.91 Å². The van der Waals surface area contributed by atoms with Gasteiger partial charge in [0, 0.05) is 16.5 Å². The molecule has 4 atom stereocenters. The number of carbonyl (C=O) groups is 1. The summed E-state index contributed by atoms with van der Waals surface area (Å²) < 4.78 is 23.7. The van der Waals surface area contributed by atoms with Crippen molar-refractivity contribution in [1.82, 2.24) is 4.90 Å². The second kappa shape index (κ2) is 13.8. The molecule has 4 rings (SSSR count). The topological polar surface area (TPSA) is 57.2 Å². The van der Waals surface area contributed by atoms with Crippen molar-refractivity contribution in [3.8, 4) is 11.5 Å². The van der Waals surface area contributed by atoms with E-state index in [2.05, 4.69) is 13.5 Å². The third-order valence-electron chi connectivity index (χ3n) is 7.47. The van der Waals surface area contributed by atoms with Crippen LogP contribution in [0, 0.1) is 0 Å². The summed E-state index contributed by atoms with van der Waals surface area (Å²) >= 11 is 12.7. The van der Waals surface area contributed by atoms with E-state index in [4.69, 9.17) is 42.1 Å². The Kier molecular flexibility index (Phi) is 10.4. The van der Waals surface area contributed by atoms with Crippen molar-refractivity contribution in [2.24, 2.45) is 0 Å². The van der Waals surface area contributed by atoms with Crippen LogP contribution in [0.15, 0.2) is 79.4 Å². The van der Waals surface area contributed by atoms with Crippen molar-refractivity contribution in [1.29, 1.82) is 0 Å². The van der Waals surface area contributed by atoms with Gasteiger partial charge in [0.05, 0.1) is 39.5 Å². The fourth-order valence-corrected chi connectivity index (χ4v) is 5.68. The van der Waals surface area contributed by atoms with Crippen molar-refractivity contribution in [3.05, 3.63) is 106 Å². The zero-order chi connectivity index (χ0) is 29.6. The van der Waals surface area contributed by atoms with Crippen molar-refractivity contribution < 1.29 is 23.7 Å². The summed E-state index contributed by atoms with van der Waals surface area (Å²) in [5.74, 6) is 1.18. The highest BCUT2D eigenvalue weighted by molar-refractivity contribution is 6.30. The standard InChI is InChI=1S/C33H37Cl2NO5/c1-6-17-33(3)32(37)36(27(7-2)21-40-20-22-11-16-28(38-4)29(18-22)39-5)30(23-12-14-25(34)15-13-23)31(41-33)24-9-8-10-26(35)19-24/h6,8-16,18-19,27,30-31H,1,7,17,20-21H2,2-5H3/t27?,30-,31-,33+/m1/s1. The molecular weight excluding hydrogens is 561 g/mol. The minimum Gasteiger partial charge on any atom is -0.493 e. The Bertz CT molecular complexity index is 1350. The van der Waals surface area contributed by atoms with Gasteiger partial charge in [-0.05, 0) is 66.4 Å². The SMILES string of the molecule is C=CC[C@]1(C)O[C@H](c2cccc(Cl)c2)[C@@H](c2ccc(Cl)cc2)N(C(CC)COCc2ccc(OC)c(OC)c2)C1=O. The van der Waals surface area contributed by atoms with Crippen LogP contribution in [0.2, 0.25) is 10.0 Å². The molecule has 6 nitrogen and oxygen atoms in total. The highest BCUT2D eigenvalue weighted by atomic mass is 35.5. The van der Waals surface area contributed by atoms with Crippen LogP contribution in [0.5, 0.6) is 11.5 Å². The molecule has 1 unspecified atom stereocenters. The number of rotatable bonds is 12. The summed E-state index contributed by atoms with van der Waals surface area (Å²) in [6.45, 7) is 8.47. The van der Waals surface area contributed by atoms with E-state index in [1.54, 1.807) is 20.3 Å². The molecule has 0 spiro atoms. The van der Waals surface area contributed by atoms with Crippen LogP contribution in [-0.4, -0.2) is 43.3 Å². The zero-order valence-corrected chi connectivity index (χ0v) is 25.5. The molecule has 3 aromatic carbocycles. The maximum Gasteiger partial charge on any atom is 0.255 e. The molecule has 1 fully saturated rings. The summed E-state index contributed by atoms with van der Waals surface area (Å²) in [6, 6.07) is 20.2. The Morgan fingerprint density at radius 1 is 1.00 bits per heavy atom. The Balaban J connectivity index is 1.71. The number of carbonyl (C=O) groups excluding carboxylic acids is 1. The number of amides is 1. The van der Waals surface area contributed by atoms with E-state index >= 15 is 0 Å². The van der Waals surface area contributed by atoms with E-state index in [0.29, 0.717) is 47.6 Å². The number of halogens is 2. The molecule has 3 aromatic rings. The Hall–Kier alpha value is -3.03. The van der Waals surface area contributed by atoms with Gasteiger partial charge in [-0.1, -0.05) is 66.5 Å². The summed E-state index contributed by atoms with van der Waals surface area (Å²) in [5.41, 5.74) is 1.61. The first-order chi connectivity index (χ1) is 19.7. The molecule has 8 heteroatoms. The van der Waals surface area contributed by atoms with Gasteiger partial charge in [-0.15, -0.1) is 6.58 Å². The number of nitrogens with zero attached hydrogens (tertiary/aromatic N) is 1.